The fourth-order valence-electron chi connectivity index (χ4n) is 10.9. The Balaban J connectivity index is 5.27. The van der Waals surface area contributed by atoms with Crippen molar-refractivity contribution in [3.8, 4) is 0 Å². The number of carbonyl (C=O) groups excluding carboxylic acids is 4. The van der Waals surface area contributed by atoms with E-state index < -0.39 is 97.5 Å². The molecule has 19 heteroatoms. The molecule has 0 saturated carbocycles. The summed E-state index contributed by atoms with van der Waals surface area (Å²) in [7, 11) is -9.92. The lowest BCUT2D eigenvalue weighted by Gasteiger charge is -2.21. The van der Waals surface area contributed by atoms with Gasteiger partial charge in [-0.3, -0.25) is 37.3 Å². The number of allylic oxidation sites excluding steroid dienone is 4. The molecule has 0 bridgehead atoms. The number of phosphoric ester groups is 2. The quantitative estimate of drug-likeness (QED) is 0.0169. The zero-order valence-electron chi connectivity index (χ0n) is 60.9. The Labute approximate surface area is 573 Å². The molecule has 0 fully saturated rings. The molecule has 0 aromatic rings. The first-order valence-corrected chi connectivity index (χ1v) is 41.2. The SMILES string of the molecule is CCCCCC/C=C\C=C/CCCCCCCC(=O)O[C@H](COC(=O)CCCCCCCCCCCCC(C)C)COP(=O)(O)OC[C@@H](O)COP(=O)(O)OC[C@@H](COC(=O)CCCCCCCCC(C)C)OC(=O)CCCCCCCCCCCCCCCCC(C)C. The largest absolute Gasteiger partial charge is 0.472 e. The second-order valence-electron chi connectivity index (χ2n) is 27.8. The maximum atomic E-state index is 13.1. The van der Waals surface area contributed by atoms with Gasteiger partial charge in [0.2, 0.25) is 0 Å². The first-order valence-electron chi connectivity index (χ1n) is 38.2. The molecule has 3 N–H and O–H groups in total. The van der Waals surface area contributed by atoms with Crippen molar-refractivity contribution in [2.45, 2.75) is 375 Å². The van der Waals surface area contributed by atoms with E-state index in [0.717, 1.165) is 121 Å². The first kappa shape index (κ1) is 91.5. The van der Waals surface area contributed by atoms with Crippen molar-refractivity contribution in [1.82, 2.24) is 0 Å². The maximum absolute atomic E-state index is 13.1. The van der Waals surface area contributed by atoms with Crippen LogP contribution in [0.1, 0.15) is 357 Å². The third-order valence-corrected chi connectivity index (χ3v) is 18.7. The summed E-state index contributed by atoms with van der Waals surface area (Å²) in [6.45, 7) is 11.8. The van der Waals surface area contributed by atoms with Gasteiger partial charge < -0.3 is 33.8 Å². The number of rotatable bonds is 71. The minimum absolute atomic E-state index is 0.0844. The van der Waals surface area contributed by atoms with Crippen molar-refractivity contribution in [3.63, 3.8) is 0 Å². The summed E-state index contributed by atoms with van der Waals surface area (Å²) < 4.78 is 68.4. The molecule has 0 amide bonds. The van der Waals surface area contributed by atoms with Gasteiger partial charge >= 0.3 is 39.5 Å². The Morgan fingerprint density at radius 2 is 0.574 bits per heavy atom. The zero-order chi connectivity index (χ0) is 69.4. The second kappa shape index (κ2) is 65.2. The van der Waals surface area contributed by atoms with Crippen LogP contribution in [0.5, 0.6) is 0 Å². The van der Waals surface area contributed by atoms with Crippen LogP contribution < -0.4 is 0 Å². The highest BCUT2D eigenvalue weighted by Gasteiger charge is 2.30. The van der Waals surface area contributed by atoms with Crippen molar-refractivity contribution in [2.75, 3.05) is 39.6 Å². The average molecular weight is 1380 g/mol. The molecule has 17 nitrogen and oxygen atoms in total. The molecule has 2 unspecified atom stereocenters. The topological polar surface area (TPSA) is 237 Å². The summed E-state index contributed by atoms with van der Waals surface area (Å²) in [5.74, 6) is 0.0754. The number of hydrogen-bond acceptors (Lipinski definition) is 15. The van der Waals surface area contributed by atoms with Gasteiger partial charge in [-0.1, -0.05) is 304 Å². The summed E-state index contributed by atoms with van der Waals surface area (Å²) in [5, 5.41) is 10.6. The molecule has 554 valence electrons. The normalized spacial score (nSPS) is 14.3. The molecule has 94 heavy (non-hydrogen) atoms. The number of aliphatic hydroxyl groups excluding tert-OH is 1. The third-order valence-electron chi connectivity index (χ3n) is 16.8. The number of esters is 4. The van der Waals surface area contributed by atoms with Crippen LogP contribution in [0.25, 0.3) is 0 Å². The van der Waals surface area contributed by atoms with E-state index in [9.17, 15) is 43.2 Å². The van der Waals surface area contributed by atoms with Crippen LogP contribution in [0, 0.1) is 17.8 Å². The molecule has 0 aromatic heterocycles. The number of ether oxygens (including phenoxy) is 4. The van der Waals surface area contributed by atoms with Gasteiger partial charge in [0.15, 0.2) is 12.2 Å². The van der Waals surface area contributed by atoms with Gasteiger partial charge in [0.05, 0.1) is 26.4 Å². The Morgan fingerprint density at radius 1 is 0.330 bits per heavy atom. The number of phosphoric acid groups is 2. The lowest BCUT2D eigenvalue weighted by atomic mass is 10.0. The highest BCUT2D eigenvalue weighted by atomic mass is 31.2. The van der Waals surface area contributed by atoms with Crippen molar-refractivity contribution >= 4 is 39.5 Å². The second-order valence-corrected chi connectivity index (χ2v) is 30.7. The third kappa shape index (κ3) is 68.1. The molecular formula is C75H142O17P2. The van der Waals surface area contributed by atoms with Gasteiger partial charge in [0.1, 0.15) is 19.3 Å². The van der Waals surface area contributed by atoms with Crippen LogP contribution in [0.3, 0.4) is 0 Å². The number of aliphatic hydroxyl groups is 1. The van der Waals surface area contributed by atoms with Crippen LogP contribution in [-0.2, 0) is 65.4 Å². The highest BCUT2D eigenvalue weighted by molar-refractivity contribution is 7.47. The molecule has 0 radical (unpaired) electrons. The van der Waals surface area contributed by atoms with Crippen molar-refractivity contribution in [3.05, 3.63) is 24.3 Å². The van der Waals surface area contributed by atoms with Crippen molar-refractivity contribution in [1.29, 1.82) is 0 Å². The minimum Gasteiger partial charge on any atom is -0.462 e. The Bertz CT molecular complexity index is 1930. The standard InChI is InChI=1S/C75H142O17P2/c1-8-9-10-11-12-13-14-15-16-20-23-30-35-44-51-58-74(79)91-70(62-85-72(77)56-49-42-34-29-26-25-28-33-40-47-54-67(4)5)64-89-93(81,82)87-60-69(76)61-88-94(83,84)90-65-71(63-86-73(78)57-50-43-38-37-41-48-55-68(6)7)92-75(80)59-52-45-36-31-24-21-18-17-19-22-27-32-39-46-53-66(2)3/h13-16,66-71,76H,8-12,17-65H2,1-7H3,(H,81,82)(H,83,84)/b14-13-,16-15-/t69-,70-,71-/m1/s1. The summed E-state index contributed by atoms with van der Waals surface area (Å²) in [4.78, 5) is 72.7. The first-order chi connectivity index (χ1) is 45.2. The van der Waals surface area contributed by atoms with Gasteiger partial charge in [0, 0.05) is 25.7 Å². The molecule has 0 aliphatic carbocycles. The van der Waals surface area contributed by atoms with E-state index >= 15 is 0 Å². The smallest absolute Gasteiger partial charge is 0.462 e. The minimum atomic E-state index is -4.96. The van der Waals surface area contributed by atoms with E-state index in [0.29, 0.717) is 31.6 Å². The lowest BCUT2D eigenvalue weighted by Crippen LogP contribution is -2.30. The molecule has 5 atom stereocenters. The van der Waals surface area contributed by atoms with Crippen LogP contribution in [0.15, 0.2) is 24.3 Å². The van der Waals surface area contributed by atoms with Gasteiger partial charge in [-0.25, -0.2) is 9.13 Å². The molecule has 0 rings (SSSR count). The predicted molar refractivity (Wildman–Crippen MR) is 381 cm³/mol. The lowest BCUT2D eigenvalue weighted by molar-refractivity contribution is -0.161. The van der Waals surface area contributed by atoms with Gasteiger partial charge in [-0.15, -0.1) is 0 Å². The fourth-order valence-corrected chi connectivity index (χ4v) is 12.5. The van der Waals surface area contributed by atoms with Crippen LogP contribution in [0.4, 0.5) is 0 Å². The van der Waals surface area contributed by atoms with Crippen molar-refractivity contribution in [2.24, 2.45) is 17.8 Å². The molecule has 0 saturated heterocycles. The van der Waals surface area contributed by atoms with Crippen LogP contribution in [0.2, 0.25) is 0 Å². The van der Waals surface area contributed by atoms with E-state index in [-0.39, 0.29) is 25.7 Å². The Morgan fingerprint density at radius 3 is 0.862 bits per heavy atom. The molecule has 0 aliphatic heterocycles. The summed E-state index contributed by atoms with van der Waals surface area (Å²) in [5.41, 5.74) is 0. The van der Waals surface area contributed by atoms with Gasteiger partial charge in [-0.2, -0.15) is 0 Å². The molecule has 0 aliphatic rings. The van der Waals surface area contributed by atoms with Gasteiger partial charge in [0.25, 0.3) is 0 Å². The Kier molecular flexibility index (Phi) is 63.5. The van der Waals surface area contributed by atoms with E-state index in [1.807, 2.05) is 0 Å². The molecule has 0 spiro atoms. The average Bonchev–Trinajstić information content (AvgIpc) is 2.44. The zero-order valence-corrected chi connectivity index (χ0v) is 62.7. The van der Waals surface area contributed by atoms with E-state index in [2.05, 4.69) is 72.8 Å². The predicted octanol–water partition coefficient (Wildman–Crippen LogP) is 21.3. The Hall–Kier alpha value is -2.46. The maximum Gasteiger partial charge on any atom is 0.472 e. The van der Waals surface area contributed by atoms with Gasteiger partial charge in [-0.05, 0) is 69.1 Å². The number of carbonyl (C=O) groups is 4. The molecule has 0 aromatic carbocycles. The molecule has 0 heterocycles. The molecular weight excluding hydrogens is 1230 g/mol. The van der Waals surface area contributed by atoms with E-state index in [4.69, 9.17) is 37.0 Å². The van der Waals surface area contributed by atoms with E-state index in [1.165, 1.54) is 148 Å². The highest BCUT2D eigenvalue weighted by Crippen LogP contribution is 2.45. The number of hydrogen-bond donors (Lipinski definition) is 3. The summed E-state index contributed by atoms with van der Waals surface area (Å²) >= 11 is 0. The van der Waals surface area contributed by atoms with E-state index in [1.54, 1.807) is 0 Å². The fraction of sp³-hybridized carbons (Fsp3) is 0.893. The van der Waals surface area contributed by atoms with Crippen LogP contribution >= 0.6 is 15.6 Å². The number of unbranched alkanes of at least 4 members (excludes halogenated alkanes) is 36. The van der Waals surface area contributed by atoms with Crippen LogP contribution in [-0.4, -0.2) is 96.7 Å². The summed E-state index contributed by atoms with van der Waals surface area (Å²) in [6, 6.07) is 0. The summed E-state index contributed by atoms with van der Waals surface area (Å²) in [6.07, 6.45) is 53.7. The monoisotopic (exact) mass is 1380 g/mol. The van der Waals surface area contributed by atoms with Crippen molar-refractivity contribution < 1.29 is 80.2 Å².